The summed E-state index contributed by atoms with van der Waals surface area (Å²) in [7, 11) is 0. The van der Waals surface area contributed by atoms with Gasteiger partial charge >= 0.3 is 0 Å². The molecule has 14 heavy (non-hydrogen) atoms. The zero-order valence-electron chi connectivity index (χ0n) is 8.79. The third-order valence-corrected chi connectivity index (χ3v) is 2.01. The Morgan fingerprint density at radius 2 is 2.07 bits per heavy atom. The molecule has 3 nitrogen and oxygen atoms in total. The minimum absolute atomic E-state index is 0.0718. The van der Waals surface area contributed by atoms with E-state index >= 15 is 0 Å². The van der Waals surface area contributed by atoms with Gasteiger partial charge in [0.2, 0.25) is 5.91 Å². The molecule has 0 heterocycles. The fourth-order valence-corrected chi connectivity index (χ4v) is 1.38. The lowest BCUT2D eigenvalue weighted by Gasteiger charge is -2.13. The van der Waals surface area contributed by atoms with Crippen molar-refractivity contribution in [2.45, 2.75) is 26.7 Å². The normalized spacial score (nSPS) is 10.3. The number of rotatable bonds is 2. The first-order chi connectivity index (χ1) is 6.50. The Hall–Kier alpha value is -1.51. The number of carbonyl (C=O) groups excluding carboxylic acids is 1. The Balaban J connectivity index is 3.09. The van der Waals surface area contributed by atoms with Gasteiger partial charge in [0, 0.05) is 18.3 Å². The molecule has 3 heteroatoms. The first-order valence-electron chi connectivity index (χ1n) is 4.67. The lowest BCUT2D eigenvalue weighted by atomic mass is 10.0. The molecule has 0 aliphatic carbocycles. The molecule has 0 radical (unpaired) electrons. The number of nitrogens with one attached hydrogen (secondary N) is 1. The van der Waals surface area contributed by atoms with Gasteiger partial charge in [-0.15, -0.1) is 0 Å². The molecule has 76 valence electrons. The molecule has 0 saturated carbocycles. The average molecular weight is 192 g/mol. The number of benzene rings is 1. The van der Waals surface area contributed by atoms with Crippen LogP contribution >= 0.6 is 0 Å². The molecule has 0 aliphatic heterocycles. The van der Waals surface area contributed by atoms with Crippen LogP contribution in [0, 0.1) is 0 Å². The highest BCUT2D eigenvalue weighted by atomic mass is 16.1. The second-order valence-corrected chi connectivity index (χ2v) is 3.68. The number of hydrogen-bond acceptors (Lipinski definition) is 2. The summed E-state index contributed by atoms with van der Waals surface area (Å²) in [6.45, 7) is 5.65. The second kappa shape index (κ2) is 4.13. The predicted molar refractivity (Wildman–Crippen MR) is 59.2 cm³/mol. The van der Waals surface area contributed by atoms with Crippen molar-refractivity contribution in [1.82, 2.24) is 0 Å². The molecule has 0 bridgehead atoms. The van der Waals surface area contributed by atoms with Gasteiger partial charge in [-0.3, -0.25) is 4.79 Å². The average Bonchev–Trinajstić information content (AvgIpc) is 2.01. The summed E-state index contributed by atoms with van der Waals surface area (Å²) < 4.78 is 0. The van der Waals surface area contributed by atoms with Gasteiger partial charge in [0.25, 0.3) is 0 Å². The van der Waals surface area contributed by atoms with Crippen molar-refractivity contribution in [3.05, 3.63) is 23.8 Å². The summed E-state index contributed by atoms with van der Waals surface area (Å²) in [6, 6.07) is 5.59. The largest absolute Gasteiger partial charge is 0.399 e. The van der Waals surface area contributed by atoms with Crippen molar-refractivity contribution >= 4 is 17.3 Å². The van der Waals surface area contributed by atoms with Crippen LogP contribution in [-0.2, 0) is 4.79 Å². The quantitative estimate of drug-likeness (QED) is 0.707. The van der Waals surface area contributed by atoms with E-state index in [0.717, 1.165) is 11.3 Å². The van der Waals surface area contributed by atoms with Gasteiger partial charge in [0.1, 0.15) is 0 Å². The zero-order chi connectivity index (χ0) is 10.7. The maximum Gasteiger partial charge on any atom is 0.221 e. The zero-order valence-corrected chi connectivity index (χ0v) is 8.79. The number of carbonyl (C=O) groups is 1. The van der Waals surface area contributed by atoms with Crippen molar-refractivity contribution < 1.29 is 4.79 Å². The van der Waals surface area contributed by atoms with E-state index in [0.29, 0.717) is 11.6 Å². The molecule has 0 aliphatic rings. The summed E-state index contributed by atoms with van der Waals surface area (Å²) in [5.41, 5.74) is 8.24. The minimum Gasteiger partial charge on any atom is -0.399 e. The van der Waals surface area contributed by atoms with Crippen molar-refractivity contribution in [3.63, 3.8) is 0 Å². The second-order valence-electron chi connectivity index (χ2n) is 3.68. The van der Waals surface area contributed by atoms with Crippen LogP contribution in [0.25, 0.3) is 0 Å². The van der Waals surface area contributed by atoms with Gasteiger partial charge in [-0.25, -0.2) is 0 Å². The van der Waals surface area contributed by atoms with E-state index in [9.17, 15) is 4.79 Å². The first-order valence-corrected chi connectivity index (χ1v) is 4.67. The Kier molecular flexibility index (Phi) is 3.12. The fourth-order valence-electron chi connectivity index (χ4n) is 1.38. The molecule has 1 aromatic rings. The van der Waals surface area contributed by atoms with Gasteiger partial charge in [0.15, 0.2) is 0 Å². The van der Waals surface area contributed by atoms with Crippen LogP contribution in [0.2, 0.25) is 0 Å². The third kappa shape index (κ3) is 2.49. The van der Waals surface area contributed by atoms with E-state index in [4.69, 9.17) is 5.73 Å². The molecule has 0 spiro atoms. The minimum atomic E-state index is -0.0718. The van der Waals surface area contributed by atoms with Crippen LogP contribution in [0.3, 0.4) is 0 Å². The molecule has 0 fully saturated rings. The van der Waals surface area contributed by atoms with Gasteiger partial charge in [0.05, 0.1) is 0 Å². The van der Waals surface area contributed by atoms with E-state index in [1.165, 1.54) is 6.92 Å². The van der Waals surface area contributed by atoms with Gasteiger partial charge in [-0.2, -0.15) is 0 Å². The highest BCUT2D eigenvalue weighted by molar-refractivity contribution is 5.90. The Morgan fingerprint density at radius 1 is 1.43 bits per heavy atom. The maximum atomic E-state index is 10.9. The lowest BCUT2D eigenvalue weighted by molar-refractivity contribution is -0.114. The first kappa shape index (κ1) is 10.6. The topological polar surface area (TPSA) is 55.1 Å². The van der Waals surface area contributed by atoms with Gasteiger partial charge < -0.3 is 11.1 Å². The number of hydrogen-bond donors (Lipinski definition) is 2. The van der Waals surface area contributed by atoms with Crippen LogP contribution in [-0.4, -0.2) is 5.91 Å². The number of amides is 1. The molecular weight excluding hydrogens is 176 g/mol. The van der Waals surface area contributed by atoms with Crippen molar-refractivity contribution in [2.24, 2.45) is 0 Å². The third-order valence-electron chi connectivity index (χ3n) is 2.01. The number of nitrogens with two attached hydrogens (primary N) is 1. The van der Waals surface area contributed by atoms with Crippen molar-refractivity contribution in [2.75, 3.05) is 11.1 Å². The van der Waals surface area contributed by atoms with E-state index in [-0.39, 0.29) is 5.91 Å². The van der Waals surface area contributed by atoms with Crippen LogP contribution in [0.15, 0.2) is 18.2 Å². The SMILES string of the molecule is CC(=O)Nc1cc(N)ccc1C(C)C. The summed E-state index contributed by atoms with van der Waals surface area (Å²) in [5, 5.41) is 2.78. The monoisotopic (exact) mass is 192 g/mol. The lowest BCUT2D eigenvalue weighted by Crippen LogP contribution is -2.09. The molecule has 1 rings (SSSR count). The van der Waals surface area contributed by atoms with Crippen LogP contribution in [0.4, 0.5) is 11.4 Å². The van der Waals surface area contributed by atoms with Crippen LogP contribution in [0.5, 0.6) is 0 Å². The summed E-state index contributed by atoms with van der Waals surface area (Å²) in [4.78, 5) is 10.9. The molecule has 0 aromatic heterocycles. The Labute approximate surface area is 84.3 Å². The number of anilines is 2. The highest BCUT2D eigenvalue weighted by Gasteiger charge is 2.07. The van der Waals surface area contributed by atoms with Crippen molar-refractivity contribution in [3.8, 4) is 0 Å². The summed E-state index contributed by atoms with van der Waals surface area (Å²) >= 11 is 0. The maximum absolute atomic E-state index is 10.9. The Morgan fingerprint density at radius 3 is 2.57 bits per heavy atom. The van der Waals surface area contributed by atoms with E-state index in [1.807, 2.05) is 12.1 Å². The number of nitrogen functional groups attached to an aromatic ring is 1. The fraction of sp³-hybridized carbons (Fsp3) is 0.364. The van der Waals surface area contributed by atoms with Crippen LogP contribution < -0.4 is 11.1 Å². The standard InChI is InChI=1S/C11H16N2O/c1-7(2)10-5-4-9(12)6-11(10)13-8(3)14/h4-7H,12H2,1-3H3,(H,13,14). The van der Waals surface area contributed by atoms with Gasteiger partial charge in [-0.1, -0.05) is 19.9 Å². The summed E-state index contributed by atoms with van der Waals surface area (Å²) in [6.07, 6.45) is 0. The molecule has 0 atom stereocenters. The van der Waals surface area contributed by atoms with Gasteiger partial charge in [-0.05, 0) is 23.6 Å². The van der Waals surface area contributed by atoms with E-state index in [2.05, 4.69) is 19.2 Å². The molecule has 3 N–H and O–H groups in total. The van der Waals surface area contributed by atoms with E-state index in [1.54, 1.807) is 6.07 Å². The smallest absolute Gasteiger partial charge is 0.221 e. The molecule has 0 unspecified atom stereocenters. The van der Waals surface area contributed by atoms with E-state index < -0.39 is 0 Å². The molecule has 1 aromatic carbocycles. The molecule has 1 amide bonds. The molecule has 0 saturated heterocycles. The summed E-state index contributed by atoms with van der Waals surface area (Å²) in [5.74, 6) is 0.301. The van der Waals surface area contributed by atoms with Crippen molar-refractivity contribution in [1.29, 1.82) is 0 Å². The van der Waals surface area contributed by atoms with Crippen LogP contribution in [0.1, 0.15) is 32.3 Å². The Bertz CT molecular complexity index is 345. The molecular formula is C11H16N2O. The predicted octanol–water partition coefficient (Wildman–Crippen LogP) is 2.35. The highest BCUT2D eigenvalue weighted by Crippen LogP contribution is 2.26.